The van der Waals surface area contributed by atoms with Gasteiger partial charge in [0.1, 0.15) is 39.8 Å². The molecule has 0 spiro atoms. The number of carbonyl (C=O) groups is 2. The molecule has 264 valence electrons. The van der Waals surface area contributed by atoms with E-state index in [9.17, 15) is 9.59 Å². The molecule has 0 aliphatic carbocycles. The van der Waals surface area contributed by atoms with Crippen LogP contribution < -0.4 is 14.2 Å². The van der Waals surface area contributed by atoms with E-state index in [4.69, 9.17) is 18.9 Å². The van der Waals surface area contributed by atoms with Crippen molar-refractivity contribution in [1.29, 1.82) is 0 Å². The van der Waals surface area contributed by atoms with Crippen molar-refractivity contribution in [3.63, 3.8) is 0 Å². The predicted molar refractivity (Wildman–Crippen MR) is 199 cm³/mol. The lowest BCUT2D eigenvalue weighted by Crippen LogP contribution is -2.39. The Morgan fingerprint density at radius 3 is 1.74 bits per heavy atom. The van der Waals surface area contributed by atoms with Crippen molar-refractivity contribution in [3.8, 4) is 23.0 Å². The van der Waals surface area contributed by atoms with Crippen LogP contribution in [0, 0.1) is 5.41 Å². The Hall–Kier alpha value is -4.58. The van der Waals surface area contributed by atoms with Crippen LogP contribution in [-0.2, 0) is 20.4 Å². The first-order valence-electron chi connectivity index (χ1n) is 17.5. The number of rotatable bonds is 5. The van der Waals surface area contributed by atoms with Gasteiger partial charge in [-0.15, -0.1) is 0 Å². The minimum atomic E-state index is -1.01. The Balaban J connectivity index is 1.56. The van der Waals surface area contributed by atoms with E-state index in [1.165, 1.54) is 0 Å². The molecule has 6 heteroatoms. The highest BCUT2D eigenvalue weighted by molar-refractivity contribution is 5.93. The van der Waals surface area contributed by atoms with Crippen LogP contribution in [0.2, 0.25) is 0 Å². The van der Waals surface area contributed by atoms with Crippen LogP contribution in [0.4, 0.5) is 0 Å². The van der Waals surface area contributed by atoms with Gasteiger partial charge in [0, 0.05) is 17.3 Å². The summed E-state index contributed by atoms with van der Waals surface area (Å²) >= 11 is 0. The third-order valence-corrected chi connectivity index (χ3v) is 10.1. The van der Waals surface area contributed by atoms with Crippen molar-refractivity contribution in [3.05, 3.63) is 119 Å². The van der Waals surface area contributed by atoms with Gasteiger partial charge in [-0.25, -0.2) is 4.79 Å². The van der Waals surface area contributed by atoms with Gasteiger partial charge in [-0.05, 0) is 119 Å². The summed E-state index contributed by atoms with van der Waals surface area (Å²) in [4.78, 5) is 27.6. The van der Waals surface area contributed by atoms with Crippen molar-refractivity contribution >= 4 is 11.9 Å². The summed E-state index contributed by atoms with van der Waals surface area (Å²) in [6.45, 7) is 22.1. The molecule has 0 N–H and O–H groups in total. The van der Waals surface area contributed by atoms with Crippen LogP contribution in [0.5, 0.6) is 23.0 Å². The SMILES string of the molecule is CCC(C)(C)Oc1ccc(C(C)(C)c2ccc3c(c2)C(=O)OC(C)(C)CC(C)(C)C(=O)Oc2ccc(cc2)C(C)(C)c2ccc(cc2)O3)cc1. The quantitative estimate of drug-likeness (QED) is 0.155. The summed E-state index contributed by atoms with van der Waals surface area (Å²) in [6, 6.07) is 29.4. The van der Waals surface area contributed by atoms with E-state index in [0.29, 0.717) is 22.8 Å². The van der Waals surface area contributed by atoms with Gasteiger partial charge in [0.15, 0.2) is 0 Å². The molecule has 50 heavy (non-hydrogen) atoms. The van der Waals surface area contributed by atoms with Gasteiger partial charge in [-0.2, -0.15) is 0 Å². The van der Waals surface area contributed by atoms with Gasteiger partial charge in [0.05, 0.1) is 5.41 Å². The molecule has 3 aliphatic heterocycles. The molecular formula is C44H52O6. The third kappa shape index (κ3) is 7.90. The highest BCUT2D eigenvalue weighted by Crippen LogP contribution is 2.40. The first-order valence-corrected chi connectivity index (χ1v) is 17.5. The highest BCUT2D eigenvalue weighted by Gasteiger charge is 2.39. The van der Waals surface area contributed by atoms with Crippen LogP contribution >= 0.6 is 0 Å². The van der Waals surface area contributed by atoms with Gasteiger partial charge in [-0.3, -0.25) is 4.79 Å². The summed E-state index contributed by atoms with van der Waals surface area (Å²) < 4.78 is 24.6. The largest absolute Gasteiger partial charge is 0.488 e. The average Bonchev–Trinajstić information content (AvgIpc) is 3.04. The number of benzene rings is 4. The van der Waals surface area contributed by atoms with Gasteiger partial charge in [0.25, 0.3) is 0 Å². The molecular weight excluding hydrogens is 624 g/mol. The lowest BCUT2D eigenvalue weighted by Gasteiger charge is -2.33. The minimum absolute atomic E-state index is 0.238. The van der Waals surface area contributed by atoms with E-state index in [2.05, 4.69) is 60.6 Å². The Morgan fingerprint density at radius 2 is 1.20 bits per heavy atom. The van der Waals surface area contributed by atoms with E-state index in [1.807, 2.05) is 107 Å². The standard InChI is InChI=1S/C44H52O6/c1-12-41(4,5)49-35-24-17-31(18-25-35)44(10,11)32-19-26-37-36(27-32)38(45)50-42(6,7)28-40(2,3)39(46)48-34-22-15-30(16-23-34)43(8,9)29-13-20-33(47-37)21-14-29/h13-27H,12,28H2,1-11H3. The molecule has 3 aliphatic rings. The summed E-state index contributed by atoms with van der Waals surface area (Å²) in [5.74, 6) is 1.33. The number of carbonyl (C=O) groups excluding carboxylic acids is 2. The van der Waals surface area contributed by atoms with Crippen molar-refractivity contribution in [2.75, 3.05) is 0 Å². The lowest BCUT2D eigenvalue weighted by molar-refractivity contribution is -0.147. The molecule has 0 saturated carbocycles. The molecule has 6 nitrogen and oxygen atoms in total. The number of esters is 2. The fraction of sp³-hybridized carbons (Fsp3) is 0.409. The Labute approximate surface area is 298 Å². The van der Waals surface area contributed by atoms with Crippen LogP contribution in [0.1, 0.15) is 122 Å². The molecule has 0 fully saturated rings. The van der Waals surface area contributed by atoms with Crippen molar-refractivity contribution in [1.82, 2.24) is 0 Å². The fourth-order valence-corrected chi connectivity index (χ4v) is 6.56. The first kappa shape index (κ1) is 36.7. The van der Waals surface area contributed by atoms with Crippen LogP contribution in [0.3, 0.4) is 0 Å². The number of ether oxygens (including phenoxy) is 4. The summed E-state index contributed by atoms with van der Waals surface area (Å²) in [5, 5.41) is 0. The smallest absolute Gasteiger partial charge is 0.342 e. The fourth-order valence-electron chi connectivity index (χ4n) is 6.56. The van der Waals surface area contributed by atoms with Gasteiger partial charge < -0.3 is 18.9 Å². The van der Waals surface area contributed by atoms with Crippen LogP contribution in [0.25, 0.3) is 0 Å². The zero-order valence-corrected chi connectivity index (χ0v) is 31.5. The lowest BCUT2D eigenvalue weighted by atomic mass is 9.77. The number of fused-ring (bicyclic) bond motifs is 2. The van der Waals surface area contributed by atoms with Crippen LogP contribution in [0.15, 0.2) is 91.0 Å². The van der Waals surface area contributed by atoms with Crippen molar-refractivity contribution < 1.29 is 28.5 Å². The molecule has 0 atom stereocenters. The summed E-state index contributed by atoms with van der Waals surface area (Å²) in [6.07, 6.45) is 1.13. The van der Waals surface area contributed by atoms with Crippen molar-refractivity contribution in [2.45, 2.75) is 111 Å². The zero-order chi connectivity index (χ0) is 36.7. The minimum Gasteiger partial charge on any atom is -0.488 e. The number of hydrogen-bond acceptors (Lipinski definition) is 6. The average molecular weight is 677 g/mol. The normalized spacial score (nSPS) is 17.3. The molecule has 0 unspecified atom stereocenters. The molecule has 3 heterocycles. The molecule has 0 radical (unpaired) electrons. The number of hydrogen-bond donors (Lipinski definition) is 0. The maximum atomic E-state index is 14.2. The predicted octanol–water partition coefficient (Wildman–Crippen LogP) is 11.0. The van der Waals surface area contributed by atoms with E-state index in [-0.39, 0.29) is 17.4 Å². The van der Waals surface area contributed by atoms with Gasteiger partial charge in [0.2, 0.25) is 0 Å². The molecule has 0 saturated heterocycles. The molecule has 4 aromatic carbocycles. The maximum Gasteiger partial charge on any atom is 0.342 e. The summed E-state index contributed by atoms with van der Waals surface area (Å²) in [7, 11) is 0. The van der Waals surface area contributed by atoms with Gasteiger partial charge >= 0.3 is 11.9 Å². The summed E-state index contributed by atoms with van der Waals surface area (Å²) in [5.41, 5.74) is 1.43. The topological polar surface area (TPSA) is 71.1 Å². The Kier molecular flexibility index (Phi) is 9.74. The molecule has 0 amide bonds. The van der Waals surface area contributed by atoms with Crippen molar-refractivity contribution in [2.24, 2.45) is 5.41 Å². The van der Waals surface area contributed by atoms with E-state index >= 15 is 0 Å². The van der Waals surface area contributed by atoms with Crippen LogP contribution in [-0.4, -0.2) is 23.1 Å². The highest BCUT2D eigenvalue weighted by atomic mass is 16.6. The van der Waals surface area contributed by atoms with E-state index < -0.39 is 28.4 Å². The molecule has 4 aromatic rings. The first-order chi connectivity index (χ1) is 23.2. The second kappa shape index (κ2) is 13.3. The Bertz CT molecular complexity index is 1840. The van der Waals surface area contributed by atoms with E-state index in [0.717, 1.165) is 34.4 Å². The van der Waals surface area contributed by atoms with E-state index in [1.54, 1.807) is 0 Å². The molecule has 4 bridgehead atoms. The third-order valence-electron chi connectivity index (χ3n) is 10.1. The second-order valence-electron chi connectivity index (χ2n) is 16.5. The zero-order valence-electron chi connectivity index (χ0n) is 31.5. The molecule has 0 aromatic heterocycles. The Morgan fingerprint density at radius 1 is 0.680 bits per heavy atom. The van der Waals surface area contributed by atoms with Gasteiger partial charge in [-0.1, -0.05) is 77.1 Å². The monoisotopic (exact) mass is 676 g/mol. The molecule has 7 rings (SSSR count). The second-order valence-corrected chi connectivity index (χ2v) is 16.5. The maximum absolute atomic E-state index is 14.2.